The van der Waals surface area contributed by atoms with Crippen LogP contribution in [0, 0.1) is 12.8 Å². The molecule has 6 nitrogen and oxygen atoms in total. The molecule has 3 rings (SSSR count). The van der Waals surface area contributed by atoms with E-state index in [-0.39, 0.29) is 17.7 Å². The highest BCUT2D eigenvalue weighted by atomic mass is 35.5. The summed E-state index contributed by atoms with van der Waals surface area (Å²) >= 11 is 5.87. The van der Waals surface area contributed by atoms with Gasteiger partial charge >= 0.3 is 0 Å². The third kappa shape index (κ3) is 4.51. The van der Waals surface area contributed by atoms with Crippen LogP contribution in [0.5, 0.6) is 0 Å². The van der Waals surface area contributed by atoms with Gasteiger partial charge in [-0.2, -0.15) is 0 Å². The van der Waals surface area contributed by atoms with Crippen molar-refractivity contribution >= 4 is 40.2 Å². The minimum atomic E-state index is -0.678. The fourth-order valence-corrected chi connectivity index (χ4v) is 2.99. The summed E-state index contributed by atoms with van der Waals surface area (Å²) in [5, 5.41) is 6.25. The average molecular weight is 400 g/mol. The van der Waals surface area contributed by atoms with Crippen molar-refractivity contribution in [3.05, 3.63) is 58.9 Å². The number of benzene rings is 2. The second kappa shape index (κ2) is 8.44. The summed E-state index contributed by atoms with van der Waals surface area (Å²) in [6, 6.07) is 11.1. The number of nitrogens with zero attached hydrogens (tertiary/aromatic N) is 1. The van der Waals surface area contributed by atoms with Crippen molar-refractivity contribution < 1.29 is 14.0 Å². The summed E-state index contributed by atoms with van der Waals surface area (Å²) in [6.45, 7) is 5.67. The highest BCUT2D eigenvalue weighted by Gasteiger charge is 2.26. The van der Waals surface area contributed by atoms with Crippen LogP contribution in [0.15, 0.2) is 46.9 Å². The summed E-state index contributed by atoms with van der Waals surface area (Å²) in [5.74, 6) is -0.0867. The number of hydrogen-bond acceptors (Lipinski definition) is 4. The molecule has 0 bridgehead atoms. The topological polar surface area (TPSA) is 84.2 Å². The third-order valence-electron chi connectivity index (χ3n) is 4.65. The van der Waals surface area contributed by atoms with Crippen LogP contribution in [0.2, 0.25) is 5.02 Å². The van der Waals surface area contributed by atoms with Crippen molar-refractivity contribution in [3.8, 4) is 0 Å². The Morgan fingerprint density at radius 2 is 1.89 bits per heavy atom. The van der Waals surface area contributed by atoms with Crippen LogP contribution in [0.25, 0.3) is 11.1 Å². The third-order valence-corrected chi connectivity index (χ3v) is 4.90. The largest absolute Gasteiger partial charge is 0.441 e. The van der Waals surface area contributed by atoms with Gasteiger partial charge in [-0.05, 0) is 48.4 Å². The van der Waals surface area contributed by atoms with Gasteiger partial charge in [0.05, 0.1) is 0 Å². The van der Waals surface area contributed by atoms with E-state index < -0.39 is 6.04 Å². The second-order valence-electron chi connectivity index (χ2n) is 6.75. The molecule has 1 heterocycles. The molecule has 1 aromatic heterocycles. The van der Waals surface area contributed by atoms with Crippen LogP contribution in [0.4, 0.5) is 5.69 Å². The number of hydrogen-bond donors (Lipinski definition) is 2. The monoisotopic (exact) mass is 399 g/mol. The minimum absolute atomic E-state index is 0.0470. The Hall–Kier alpha value is -2.86. The lowest BCUT2D eigenvalue weighted by atomic mass is 9.97. The SMILES string of the molecule is CC[C@H](C)[C@H](NC(=O)c1ccc(Cl)cc1)C(=O)Nc1ccc2oc(C)nc2c1. The summed E-state index contributed by atoms with van der Waals surface area (Å²) < 4.78 is 5.45. The number of fused-ring (bicyclic) bond motifs is 1. The van der Waals surface area contributed by atoms with E-state index in [0.29, 0.717) is 33.3 Å². The fraction of sp³-hybridized carbons (Fsp3) is 0.286. The number of aryl methyl sites for hydroxylation is 1. The van der Waals surface area contributed by atoms with E-state index in [1.807, 2.05) is 13.8 Å². The van der Waals surface area contributed by atoms with E-state index in [1.165, 1.54) is 0 Å². The molecule has 0 fully saturated rings. The molecule has 0 aliphatic rings. The first-order chi connectivity index (χ1) is 13.4. The Morgan fingerprint density at radius 1 is 1.18 bits per heavy atom. The van der Waals surface area contributed by atoms with Gasteiger partial charge in [0.15, 0.2) is 11.5 Å². The first kappa shape index (κ1) is 19.9. The van der Waals surface area contributed by atoms with E-state index in [0.717, 1.165) is 6.42 Å². The number of amides is 2. The highest BCUT2D eigenvalue weighted by molar-refractivity contribution is 6.30. The van der Waals surface area contributed by atoms with Crippen LogP contribution >= 0.6 is 11.6 Å². The lowest BCUT2D eigenvalue weighted by Crippen LogP contribution is -2.47. The van der Waals surface area contributed by atoms with Gasteiger partial charge in [-0.15, -0.1) is 0 Å². The summed E-state index contributed by atoms with van der Waals surface area (Å²) in [6.07, 6.45) is 0.737. The molecule has 2 N–H and O–H groups in total. The highest BCUT2D eigenvalue weighted by Crippen LogP contribution is 2.21. The van der Waals surface area contributed by atoms with Gasteiger partial charge in [-0.1, -0.05) is 31.9 Å². The first-order valence-electron chi connectivity index (χ1n) is 9.12. The number of halogens is 1. The predicted octanol–water partition coefficient (Wildman–Crippen LogP) is 4.57. The summed E-state index contributed by atoms with van der Waals surface area (Å²) in [5.41, 5.74) is 2.37. The Kier molecular flexibility index (Phi) is 5.99. The molecule has 0 radical (unpaired) electrons. The minimum Gasteiger partial charge on any atom is -0.441 e. The molecule has 0 saturated carbocycles. The molecule has 3 aromatic rings. The quantitative estimate of drug-likeness (QED) is 0.635. The number of carbonyl (C=O) groups excluding carboxylic acids is 2. The average Bonchev–Trinajstić information content (AvgIpc) is 3.05. The molecular weight excluding hydrogens is 378 g/mol. The lowest BCUT2D eigenvalue weighted by molar-refractivity contribution is -0.119. The molecule has 28 heavy (non-hydrogen) atoms. The second-order valence-corrected chi connectivity index (χ2v) is 7.18. The molecule has 0 aliphatic heterocycles. The zero-order chi connectivity index (χ0) is 20.3. The van der Waals surface area contributed by atoms with Crippen molar-refractivity contribution in [2.24, 2.45) is 5.92 Å². The number of anilines is 1. The van der Waals surface area contributed by atoms with Gasteiger partial charge in [0, 0.05) is 23.2 Å². The van der Waals surface area contributed by atoms with Crippen molar-refractivity contribution in [2.45, 2.75) is 33.2 Å². The predicted molar refractivity (Wildman–Crippen MR) is 110 cm³/mol. The Morgan fingerprint density at radius 3 is 2.57 bits per heavy atom. The van der Waals surface area contributed by atoms with E-state index in [9.17, 15) is 9.59 Å². The number of rotatable bonds is 6. The zero-order valence-electron chi connectivity index (χ0n) is 16.0. The lowest BCUT2D eigenvalue weighted by Gasteiger charge is -2.23. The number of nitrogens with one attached hydrogen (secondary N) is 2. The summed E-state index contributed by atoms with van der Waals surface area (Å²) in [7, 11) is 0. The van der Waals surface area contributed by atoms with Crippen LogP contribution in [-0.4, -0.2) is 22.8 Å². The molecule has 2 aromatic carbocycles. The van der Waals surface area contributed by atoms with E-state index in [2.05, 4.69) is 15.6 Å². The van der Waals surface area contributed by atoms with Crippen LogP contribution < -0.4 is 10.6 Å². The first-order valence-corrected chi connectivity index (χ1v) is 9.49. The van der Waals surface area contributed by atoms with Crippen LogP contribution in [0.3, 0.4) is 0 Å². The molecule has 2 atom stereocenters. The Balaban J connectivity index is 1.76. The van der Waals surface area contributed by atoms with Crippen molar-refractivity contribution in [1.82, 2.24) is 10.3 Å². The van der Waals surface area contributed by atoms with Gasteiger partial charge in [0.1, 0.15) is 11.6 Å². The van der Waals surface area contributed by atoms with Gasteiger partial charge in [0.25, 0.3) is 5.91 Å². The van der Waals surface area contributed by atoms with Crippen LogP contribution in [-0.2, 0) is 4.79 Å². The molecular formula is C21H22ClN3O3. The van der Waals surface area contributed by atoms with Crippen LogP contribution in [0.1, 0.15) is 36.5 Å². The van der Waals surface area contributed by atoms with Gasteiger partial charge in [-0.3, -0.25) is 9.59 Å². The van der Waals surface area contributed by atoms with E-state index in [1.54, 1.807) is 49.4 Å². The van der Waals surface area contributed by atoms with Crippen molar-refractivity contribution in [3.63, 3.8) is 0 Å². The van der Waals surface area contributed by atoms with E-state index in [4.69, 9.17) is 16.0 Å². The Labute approximate surface area is 168 Å². The van der Waals surface area contributed by atoms with Gasteiger partial charge < -0.3 is 15.1 Å². The maximum Gasteiger partial charge on any atom is 0.251 e. The molecule has 0 spiro atoms. The summed E-state index contributed by atoms with van der Waals surface area (Å²) in [4.78, 5) is 29.7. The smallest absolute Gasteiger partial charge is 0.251 e. The van der Waals surface area contributed by atoms with Crippen molar-refractivity contribution in [1.29, 1.82) is 0 Å². The Bertz CT molecular complexity index is 998. The molecule has 0 saturated heterocycles. The number of oxazole rings is 1. The maximum atomic E-state index is 12.9. The van der Waals surface area contributed by atoms with Gasteiger partial charge in [-0.25, -0.2) is 4.98 Å². The number of carbonyl (C=O) groups is 2. The molecule has 146 valence electrons. The zero-order valence-corrected chi connectivity index (χ0v) is 16.7. The van der Waals surface area contributed by atoms with E-state index >= 15 is 0 Å². The molecule has 2 amide bonds. The maximum absolute atomic E-state index is 12.9. The molecule has 0 unspecified atom stereocenters. The molecule has 0 aliphatic carbocycles. The normalized spacial score (nSPS) is 13.1. The number of aromatic nitrogens is 1. The standard InChI is InChI=1S/C21H22ClN3O3/c1-4-12(2)19(25-20(26)14-5-7-15(22)8-6-14)21(27)24-16-9-10-18-17(11-16)23-13(3)28-18/h5-12,19H,4H2,1-3H3,(H,24,27)(H,25,26)/t12-,19-/m0/s1. The fourth-order valence-electron chi connectivity index (χ4n) is 2.87. The van der Waals surface area contributed by atoms with Crippen molar-refractivity contribution in [2.75, 3.05) is 5.32 Å². The van der Waals surface area contributed by atoms with Gasteiger partial charge in [0.2, 0.25) is 5.91 Å². The molecule has 7 heteroatoms.